The first-order valence-electron chi connectivity index (χ1n) is 13.4. The zero-order valence-electron chi connectivity index (χ0n) is 21.9. The van der Waals surface area contributed by atoms with Crippen LogP contribution >= 0.6 is 11.8 Å². The molecule has 4 aromatic rings. The number of nitrogens with one attached hydrogen (secondary N) is 1. The molecule has 2 aliphatic rings. The maximum atomic E-state index is 14.4. The smallest absolute Gasteiger partial charge is 0.258 e. The largest absolute Gasteiger partial charge is 0.497 e. The van der Waals surface area contributed by atoms with Crippen LogP contribution in [0.3, 0.4) is 0 Å². The molecule has 39 heavy (non-hydrogen) atoms. The predicted octanol–water partition coefficient (Wildman–Crippen LogP) is 6.05. The van der Waals surface area contributed by atoms with E-state index in [1.807, 2.05) is 18.2 Å². The molecule has 6 rings (SSSR count). The Balaban J connectivity index is 1.39. The van der Waals surface area contributed by atoms with Crippen molar-refractivity contribution < 1.29 is 13.9 Å². The monoisotopic (exact) mass is 541 g/mol. The third-order valence-electron chi connectivity index (χ3n) is 7.88. The molecule has 0 saturated heterocycles. The van der Waals surface area contributed by atoms with Crippen LogP contribution in [0.15, 0.2) is 81.3 Å². The van der Waals surface area contributed by atoms with Gasteiger partial charge in [-0.2, -0.15) is 0 Å². The Labute approximate surface area is 231 Å². The van der Waals surface area contributed by atoms with E-state index in [9.17, 15) is 9.59 Å². The molecule has 200 valence electrons. The molecule has 8 heteroatoms. The van der Waals surface area contributed by atoms with Gasteiger partial charge in [-0.05, 0) is 61.2 Å². The summed E-state index contributed by atoms with van der Waals surface area (Å²) in [5, 5.41) is 3.44. The van der Waals surface area contributed by atoms with Crippen molar-refractivity contribution in [2.24, 2.45) is 0 Å². The molecule has 0 radical (unpaired) electrons. The normalized spacial score (nSPS) is 15.4. The zero-order valence-corrected chi connectivity index (χ0v) is 22.8. The Morgan fingerprint density at radius 3 is 2.62 bits per heavy atom. The topological polar surface area (TPSA) is 86.4 Å². The van der Waals surface area contributed by atoms with E-state index in [1.54, 1.807) is 42.2 Å². The third kappa shape index (κ3) is 5.01. The summed E-state index contributed by atoms with van der Waals surface area (Å²) in [7, 11) is 1.60. The van der Waals surface area contributed by atoms with Gasteiger partial charge in [-0.3, -0.25) is 14.2 Å². The van der Waals surface area contributed by atoms with E-state index in [4.69, 9.17) is 14.1 Å². The van der Waals surface area contributed by atoms with E-state index in [2.05, 4.69) is 23.5 Å². The van der Waals surface area contributed by atoms with E-state index in [-0.39, 0.29) is 29.2 Å². The molecular formula is C31H31N3O4S. The van der Waals surface area contributed by atoms with Crippen molar-refractivity contribution in [3.05, 3.63) is 94.2 Å². The van der Waals surface area contributed by atoms with Crippen LogP contribution in [0.2, 0.25) is 0 Å². The summed E-state index contributed by atoms with van der Waals surface area (Å²) >= 11 is 1.27. The van der Waals surface area contributed by atoms with Gasteiger partial charge in [0, 0.05) is 16.7 Å². The standard InChI is InChI=1S/C31H31N3O4S/c1-37-23-13-11-22(12-14-23)32-26(35)20-39-30-33-28-25-10-4-3-8-21(25)18-31(15-5-2-6-16-31)27(28)29(36)34(30)19-24-9-7-17-38-24/h3-4,7-14,17H,2,5-6,15-16,18-20H2,1H3,(H,32,35). The molecule has 1 spiro atoms. The minimum absolute atomic E-state index is 0.0223. The second-order valence-corrected chi connectivity index (χ2v) is 11.3. The number of aromatic nitrogens is 2. The van der Waals surface area contributed by atoms with Gasteiger partial charge in [-0.15, -0.1) is 0 Å². The van der Waals surface area contributed by atoms with Crippen LogP contribution < -0.4 is 15.6 Å². The molecule has 1 fully saturated rings. The van der Waals surface area contributed by atoms with Crippen LogP contribution in [-0.4, -0.2) is 28.3 Å². The van der Waals surface area contributed by atoms with Crippen LogP contribution in [0.1, 0.15) is 49.0 Å². The minimum atomic E-state index is -0.203. The van der Waals surface area contributed by atoms with Gasteiger partial charge in [0.25, 0.3) is 5.56 Å². The van der Waals surface area contributed by atoms with Gasteiger partial charge in [0.05, 0.1) is 36.9 Å². The number of nitrogens with zero attached hydrogens (tertiary/aromatic N) is 2. The number of fused-ring (bicyclic) bond motifs is 4. The zero-order chi connectivity index (χ0) is 26.8. The molecule has 0 aliphatic heterocycles. The third-order valence-corrected chi connectivity index (χ3v) is 8.85. The van der Waals surface area contributed by atoms with Gasteiger partial charge >= 0.3 is 0 Å². The van der Waals surface area contributed by atoms with Crippen LogP contribution in [-0.2, 0) is 23.2 Å². The fraction of sp³-hybridized carbons (Fsp3) is 0.323. The summed E-state index contributed by atoms with van der Waals surface area (Å²) in [6.45, 7) is 0.270. The number of hydrogen-bond acceptors (Lipinski definition) is 6. The maximum Gasteiger partial charge on any atom is 0.258 e. The van der Waals surface area contributed by atoms with Crippen LogP contribution in [0.5, 0.6) is 5.75 Å². The first kappa shape index (κ1) is 25.5. The SMILES string of the molecule is COc1ccc(NC(=O)CSc2nc3c(c(=O)n2Cc2ccco2)C2(CCCCC2)Cc2ccccc2-3)cc1. The lowest BCUT2D eigenvalue weighted by molar-refractivity contribution is -0.113. The molecule has 2 aromatic carbocycles. The lowest BCUT2D eigenvalue weighted by atomic mass is 9.62. The van der Waals surface area contributed by atoms with Crippen molar-refractivity contribution in [3.8, 4) is 17.0 Å². The Morgan fingerprint density at radius 2 is 1.87 bits per heavy atom. The van der Waals surface area contributed by atoms with Crippen molar-refractivity contribution in [1.29, 1.82) is 0 Å². The van der Waals surface area contributed by atoms with E-state index in [0.29, 0.717) is 16.6 Å². The molecule has 2 heterocycles. The number of hydrogen-bond donors (Lipinski definition) is 1. The summed E-state index contributed by atoms with van der Waals surface area (Å²) in [6, 6.07) is 19.2. The van der Waals surface area contributed by atoms with Gasteiger partial charge in [-0.25, -0.2) is 4.98 Å². The van der Waals surface area contributed by atoms with E-state index < -0.39 is 0 Å². The Hall–Kier alpha value is -3.78. The number of ether oxygens (including phenoxy) is 1. The molecule has 1 amide bonds. The molecule has 0 bridgehead atoms. The molecule has 1 N–H and O–H groups in total. The molecule has 2 aromatic heterocycles. The number of methoxy groups -OCH3 is 1. The molecular weight excluding hydrogens is 510 g/mol. The van der Waals surface area contributed by atoms with Gasteiger partial charge in [0.2, 0.25) is 5.91 Å². The van der Waals surface area contributed by atoms with Crippen LogP contribution in [0, 0.1) is 0 Å². The average Bonchev–Trinajstić information content (AvgIpc) is 3.47. The number of rotatable bonds is 7. The molecule has 0 unspecified atom stereocenters. The highest BCUT2D eigenvalue weighted by Crippen LogP contribution is 2.48. The summed E-state index contributed by atoms with van der Waals surface area (Å²) in [6.07, 6.45) is 7.88. The van der Waals surface area contributed by atoms with Crippen molar-refractivity contribution in [1.82, 2.24) is 9.55 Å². The van der Waals surface area contributed by atoms with Gasteiger partial charge < -0.3 is 14.5 Å². The van der Waals surface area contributed by atoms with Crippen LogP contribution in [0.4, 0.5) is 5.69 Å². The Kier molecular flexibility index (Phi) is 7.04. The summed E-state index contributed by atoms with van der Waals surface area (Å²) in [4.78, 5) is 32.4. The number of amides is 1. The van der Waals surface area contributed by atoms with E-state index in [0.717, 1.165) is 54.7 Å². The molecule has 1 saturated carbocycles. The van der Waals surface area contributed by atoms with Crippen LogP contribution in [0.25, 0.3) is 11.3 Å². The predicted molar refractivity (Wildman–Crippen MR) is 153 cm³/mol. The fourth-order valence-electron chi connectivity index (χ4n) is 6.03. The number of furan rings is 1. The number of benzene rings is 2. The van der Waals surface area contributed by atoms with Gasteiger partial charge in [-0.1, -0.05) is 55.3 Å². The molecule has 0 atom stereocenters. The molecule has 7 nitrogen and oxygen atoms in total. The summed E-state index contributed by atoms with van der Waals surface area (Å²) < 4.78 is 12.5. The summed E-state index contributed by atoms with van der Waals surface area (Å²) in [5.74, 6) is 1.34. The van der Waals surface area contributed by atoms with Gasteiger partial charge in [0.1, 0.15) is 11.5 Å². The van der Waals surface area contributed by atoms with Crippen molar-refractivity contribution in [2.75, 3.05) is 18.2 Å². The first-order valence-corrected chi connectivity index (χ1v) is 14.4. The highest BCUT2D eigenvalue weighted by Gasteiger charge is 2.43. The second-order valence-electron chi connectivity index (χ2n) is 10.3. The Bertz CT molecular complexity index is 1540. The minimum Gasteiger partial charge on any atom is -0.497 e. The lowest BCUT2D eigenvalue weighted by Gasteiger charge is -2.42. The Morgan fingerprint density at radius 1 is 1.08 bits per heavy atom. The van der Waals surface area contributed by atoms with E-state index >= 15 is 0 Å². The molecule has 2 aliphatic carbocycles. The van der Waals surface area contributed by atoms with E-state index in [1.165, 1.54) is 23.7 Å². The van der Waals surface area contributed by atoms with Gasteiger partial charge in [0.15, 0.2) is 5.16 Å². The van der Waals surface area contributed by atoms with Crippen molar-refractivity contribution in [2.45, 2.75) is 55.6 Å². The van der Waals surface area contributed by atoms with Crippen molar-refractivity contribution >= 4 is 23.4 Å². The number of thioether (sulfide) groups is 1. The second kappa shape index (κ2) is 10.8. The maximum absolute atomic E-state index is 14.4. The first-order chi connectivity index (χ1) is 19.1. The highest BCUT2D eigenvalue weighted by atomic mass is 32.2. The fourth-order valence-corrected chi connectivity index (χ4v) is 6.82. The number of carbonyl (C=O) groups is 1. The number of anilines is 1. The average molecular weight is 542 g/mol. The summed E-state index contributed by atoms with van der Waals surface area (Å²) in [5.41, 5.74) is 4.33. The quantitative estimate of drug-likeness (QED) is 0.226. The number of carbonyl (C=O) groups excluding carboxylic acids is 1. The lowest BCUT2D eigenvalue weighted by Crippen LogP contribution is -2.43. The van der Waals surface area contributed by atoms with Crippen molar-refractivity contribution in [3.63, 3.8) is 0 Å². The highest BCUT2D eigenvalue weighted by molar-refractivity contribution is 7.99.